The molecule has 0 spiro atoms. The van der Waals surface area contributed by atoms with Crippen LogP contribution in [0.2, 0.25) is 5.02 Å². The molecule has 94 valence electrons. The molecule has 0 saturated carbocycles. The summed E-state index contributed by atoms with van der Waals surface area (Å²) in [6.45, 7) is 1.58. The first-order valence-electron chi connectivity index (χ1n) is 5.87. The molecule has 1 N–H and O–H groups in total. The van der Waals surface area contributed by atoms with Gasteiger partial charge in [0.05, 0.1) is 0 Å². The Hall–Kier alpha value is -1.02. The molecule has 0 saturated heterocycles. The highest BCUT2D eigenvalue weighted by Crippen LogP contribution is 2.14. The van der Waals surface area contributed by atoms with Gasteiger partial charge in [-0.15, -0.1) is 11.6 Å². The summed E-state index contributed by atoms with van der Waals surface area (Å²) in [5.41, 5.74) is 3.50. The van der Waals surface area contributed by atoms with E-state index in [2.05, 4.69) is 17.4 Å². The van der Waals surface area contributed by atoms with E-state index in [0.29, 0.717) is 5.88 Å². The van der Waals surface area contributed by atoms with Gasteiger partial charge in [-0.1, -0.05) is 54.1 Å². The molecule has 0 heterocycles. The molecule has 0 unspecified atom stereocenters. The summed E-state index contributed by atoms with van der Waals surface area (Å²) in [7, 11) is 0. The Kier molecular flexibility index (Phi) is 5.06. The van der Waals surface area contributed by atoms with Crippen molar-refractivity contribution in [2.24, 2.45) is 0 Å². The van der Waals surface area contributed by atoms with Crippen LogP contribution in [0.1, 0.15) is 16.7 Å². The lowest BCUT2D eigenvalue weighted by Gasteiger charge is -2.07. The minimum atomic E-state index is 0.554. The van der Waals surface area contributed by atoms with E-state index in [9.17, 15) is 0 Å². The van der Waals surface area contributed by atoms with Gasteiger partial charge >= 0.3 is 0 Å². The quantitative estimate of drug-likeness (QED) is 0.802. The second-order valence-electron chi connectivity index (χ2n) is 4.15. The van der Waals surface area contributed by atoms with E-state index in [1.807, 2.05) is 36.4 Å². The molecule has 0 fully saturated rings. The Balaban J connectivity index is 1.90. The highest BCUT2D eigenvalue weighted by molar-refractivity contribution is 6.31. The lowest BCUT2D eigenvalue weighted by molar-refractivity contribution is 0.693. The van der Waals surface area contributed by atoms with Crippen LogP contribution in [0.5, 0.6) is 0 Å². The summed E-state index contributed by atoms with van der Waals surface area (Å²) in [5.74, 6) is 0.554. The van der Waals surface area contributed by atoms with Crippen LogP contribution in [0, 0.1) is 0 Å². The van der Waals surface area contributed by atoms with Crippen LogP contribution in [0.25, 0.3) is 0 Å². The predicted molar refractivity (Wildman–Crippen MR) is 78.0 cm³/mol. The van der Waals surface area contributed by atoms with Crippen molar-refractivity contribution < 1.29 is 0 Å². The maximum atomic E-state index is 6.10. The lowest BCUT2D eigenvalue weighted by atomic mass is 10.1. The third-order valence-corrected chi connectivity index (χ3v) is 3.43. The van der Waals surface area contributed by atoms with Gasteiger partial charge in [0, 0.05) is 24.0 Å². The van der Waals surface area contributed by atoms with E-state index in [4.69, 9.17) is 23.2 Å². The smallest absolute Gasteiger partial charge is 0.0474 e. The van der Waals surface area contributed by atoms with Gasteiger partial charge in [0.2, 0.25) is 0 Å². The highest BCUT2D eigenvalue weighted by atomic mass is 35.5. The molecule has 0 aliphatic heterocycles. The third-order valence-electron chi connectivity index (χ3n) is 2.75. The average Bonchev–Trinajstić information content (AvgIpc) is 2.41. The van der Waals surface area contributed by atoms with Crippen molar-refractivity contribution in [2.75, 3.05) is 0 Å². The van der Waals surface area contributed by atoms with Gasteiger partial charge in [0.15, 0.2) is 0 Å². The van der Waals surface area contributed by atoms with Crippen LogP contribution >= 0.6 is 23.2 Å². The maximum absolute atomic E-state index is 6.10. The maximum Gasteiger partial charge on any atom is 0.0474 e. The van der Waals surface area contributed by atoms with E-state index in [0.717, 1.165) is 29.2 Å². The summed E-state index contributed by atoms with van der Waals surface area (Å²) < 4.78 is 0. The zero-order chi connectivity index (χ0) is 12.8. The van der Waals surface area contributed by atoms with Gasteiger partial charge in [-0.25, -0.2) is 0 Å². The summed E-state index contributed by atoms with van der Waals surface area (Å²) >= 11 is 11.9. The summed E-state index contributed by atoms with van der Waals surface area (Å²) in [6.07, 6.45) is 0. The zero-order valence-corrected chi connectivity index (χ0v) is 11.5. The van der Waals surface area contributed by atoms with Crippen LogP contribution in [-0.4, -0.2) is 0 Å². The van der Waals surface area contributed by atoms with Crippen molar-refractivity contribution in [3.05, 3.63) is 70.2 Å². The molecule has 0 atom stereocenters. The fourth-order valence-electron chi connectivity index (χ4n) is 1.81. The van der Waals surface area contributed by atoms with Gasteiger partial charge < -0.3 is 5.32 Å². The number of hydrogen-bond acceptors (Lipinski definition) is 1. The molecule has 0 bridgehead atoms. The van der Waals surface area contributed by atoms with Gasteiger partial charge in [0.25, 0.3) is 0 Å². The average molecular weight is 280 g/mol. The second kappa shape index (κ2) is 6.79. The summed E-state index contributed by atoms with van der Waals surface area (Å²) in [6, 6.07) is 16.2. The first-order chi connectivity index (χ1) is 8.79. The van der Waals surface area contributed by atoms with Crippen molar-refractivity contribution in [2.45, 2.75) is 19.0 Å². The molecule has 0 aromatic heterocycles. The molecule has 18 heavy (non-hydrogen) atoms. The molecular formula is C15H15Cl2N. The Bertz CT molecular complexity index is 511. The van der Waals surface area contributed by atoms with Crippen LogP contribution in [-0.2, 0) is 19.0 Å². The number of nitrogens with one attached hydrogen (secondary N) is 1. The first kappa shape index (κ1) is 13.4. The standard InChI is InChI=1S/C15H15Cl2N/c16-9-12-4-3-5-13(8-12)10-18-11-14-6-1-2-7-15(14)17/h1-8,18H,9-11H2. The lowest BCUT2D eigenvalue weighted by Crippen LogP contribution is -2.13. The molecule has 2 rings (SSSR count). The Morgan fingerprint density at radius 1 is 0.889 bits per heavy atom. The van der Waals surface area contributed by atoms with Crippen molar-refractivity contribution in [3.63, 3.8) is 0 Å². The minimum absolute atomic E-state index is 0.554. The number of alkyl halides is 1. The normalized spacial score (nSPS) is 10.6. The van der Waals surface area contributed by atoms with E-state index in [1.165, 1.54) is 5.56 Å². The van der Waals surface area contributed by atoms with Gasteiger partial charge in [-0.2, -0.15) is 0 Å². The first-order valence-corrected chi connectivity index (χ1v) is 6.79. The van der Waals surface area contributed by atoms with Crippen LogP contribution in [0.3, 0.4) is 0 Å². The van der Waals surface area contributed by atoms with E-state index in [1.54, 1.807) is 0 Å². The third kappa shape index (κ3) is 3.74. The molecule has 1 nitrogen and oxygen atoms in total. The SMILES string of the molecule is ClCc1cccc(CNCc2ccccc2Cl)c1. The van der Waals surface area contributed by atoms with Crippen LogP contribution < -0.4 is 5.32 Å². The predicted octanol–water partition coefficient (Wildman–Crippen LogP) is 4.37. The van der Waals surface area contributed by atoms with E-state index < -0.39 is 0 Å². The number of hydrogen-bond donors (Lipinski definition) is 1. The highest BCUT2D eigenvalue weighted by Gasteiger charge is 1.99. The largest absolute Gasteiger partial charge is 0.309 e. The molecule has 0 radical (unpaired) electrons. The summed E-state index contributed by atoms with van der Waals surface area (Å²) in [4.78, 5) is 0. The molecular weight excluding hydrogens is 265 g/mol. The fourth-order valence-corrected chi connectivity index (χ4v) is 2.17. The molecule has 0 aliphatic carbocycles. The minimum Gasteiger partial charge on any atom is -0.309 e. The molecule has 2 aromatic carbocycles. The van der Waals surface area contributed by atoms with Crippen molar-refractivity contribution in [1.82, 2.24) is 5.32 Å². The summed E-state index contributed by atoms with van der Waals surface area (Å²) in [5, 5.41) is 4.19. The fraction of sp³-hybridized carbons (Fsp3) is 0.200. The van der Waals surface area contributed by atoms with E-state index >= 15 is 0 Å². The van der Waals surface area contributed by atoms with E-state index in [-0.39, 0.29) is 0 Å². The van der Waals surface area contributed by atoms with Crippen LogP contribution in [0.15, 0.2) is 48.5 Å². The Morgan fingerprint density at radius 3 is 2.44 bits per heavy atom. The van der Waals surface area contributed by atoms with Gasteiger partial charge in [-0.05, 0) is 22.8 Å². The number of rotatable bonds is 5. The zero-order valence-electron chi connectivity index (χ0n) is 10.00. The van der Waals surface area contributed by atoms with Crippen molar-refractivity contribution in [1.29, 1.82) is 0 Å². The Morgan fingerprint density at radius 2 is 1.67 bits per heavy atom. The van der Waals surface area contributed by atoms with Crippen LogP contribution in [0.4, 0.5) is 0 Å². The number of halogens is 2. The number of benzene rings is 2. The monoisotopic (exact) mass is 279 g/mol. The Labute approximate surface area is 118 Å². The van der Waals surface area contributed by atoms with Crippen molar-refractivity contribution in [3.8, 4) is 0 Å². The van der Waals surface area contributed by atoms with Gasteiger partial charge in [0.1, 0.15) is 0 Å². The van der Waals surface area contributed by atoms with Gasteiger partial charge in [-0.3, -0.25) is 0 Å². The van der Waals surface area contributed by atoms with Crippen molar-refractivity contribution >= 4 is 23.2 Å². The topological polar surface area (TPSA) is 12.0 Å². The molecule has 3 heteroatoms. The molecule has 0 aliphatic rings. The molecule has 0 amide bonds. The second-order valence-corrected chi connectivity index (χ2v) is 4.82. The molecule has 2 aromatic rings.